The molecule has 2 aromatic rings. The van der Waals surface area contributed by atoms with Crippen LogP contribution in [0.15, 0.2) is 35.9 Å². The molecule has 3 rings (SSSR count). The van der Waals surface area contributed by atoms with Gasteiger partial charge in [-0.2, -0.15) is 4.68 Å². The Morgan fingerprint density at radius 1 is 1.52 bits per heavy atom. The Labute approximate surface area is 137 Å². The van der Waals surface area contributed by atoms with Gasteiger partial charge in [-0.1, -0.05) is 12.1 Å². The number of hydrogen-bond acceptors (Lipinski definition) is 5. The zero-order chi connectivity index (χ0) is 16.2. The van der Waals surface area contributed by atoms with Gasteiger partial charge in [0.15, 0.2) is 0 Å². The van der Waals surface area contributed by atoms with Gasteiger partial charge < -0.3 is 15.0 Å². The highest BCUT2D eigenvalue weighted by atomic mass is 32.1. The molecule has 1 fully saturated rings. The van der Waals surface area contributed by atoms with Gasteiger partial charge in [0.2, 0.25) is 5.91 Å². The van der Waals surface area contributed by atoms with Crippen LogP contribution in [0, 0.1) is 10.1 Å². The molecule has 0 bridgehead atoms. The zero-order valence-corrected chi connectivity index (χ0v) is 13.2. The fourth-order valence-corrected chi connectivity index (χ4v) is 3.29. The van der Waals surface area contributed by atoms with Crippen LogP contribution in [0.25, 0.3) is 6.08 Å². The van der Waals surface area contributed by atoms with Crippen molar-refractivity contribution >= 4 is 29.1 Å². The van der Waals surface area contributed by atoms with Crippen LogP contribution >= 0.6 is 11.3 Å². The molecule has 0 aliphatic carbocycles. The van der Waals surface area contributed by atoms with Crippen molar-refractivity contribution in [2.45, 2.75) is 25.4 Å². The Morgan fingerprint density at radius 2 is 2.39 bits per heavy atom. The van der Waals surface area contributed by atoms with Crippen molar-refractivity contribution in [1.82, 2.24) is 14.7 Å². The van der Waals surface area contributed by atoms with Gasteiger partial charge in [0.05, 0.1) is 23.4 Å². The summed E-state index contributed by atoms with van der Waals surface area (Å²) in [6.07, 6.45) is 7.46. The van der Waals surface area contributed by atoms with Gasteiger partial charge in [-0.15, -0.1) is 11.3 Å². The van der Waals surface area contributed by atoms with Crippen LogP contribution in [0.3, 0.4) is 0 Å². The van der Waals surface area contributed by atoms with Gasteiger partial charge in [0.1, 0.15) is 6.54 Å². The van der Waals surface area contributed by atoms with Crippen molar-refractivity contribution in [1.29, 1.82) is 0 Å². The number of rotatable bonds is 5. The minimum absolute atomic E-state index is 0.0250. The molecule has 0 saturated carbocycles. The van der Waals surface area contributed by atoms with Crippen LogP contribution in [0.2, 0.25) is 0 Å². The van der Waals surface area contributed by atoms with Crippen LogP contribution in [-0.4, -0.2) is 38.1 Å². The Morgan fingerprint density at radius 3 is 3.09 bits per heavy atom. The minimum Gasteiger partial charge on any atom is -0.358 e. The summed E-state index contributed by atoms with van der Waals surface area (Å²) in [6.45, 7) is 0.735. The fourth-order valence-electron chi connectivity index (χ4n) is 2.66. The first kappa shape index (κ1) is 15.4. The molecule has 0 unspecified atom stereocenters. The lowest BCUT2D eigenvalue weighted by Gasteiger charge is -2.21. The van der Waals surface area contributed by atoms with E-state index >= 15 is 0 Å². The zero-order valence-electron chi connectivity index (χ0n) is 12.4. The Balaban J connectivity index is 1.64. The lowest BCUT2D eigenvalue weighted by atomic mass is 10.2. The van der Waals surface area contributed by atoms with Crippen LogP contribution in [0.1, 0.15) is 17.7 Å². The van der Waals surface area contributed by atoms with E-state index in [1.165, 1.54) is 16.9 Å². The average molecular weight is 332 g/mol. The van der Waals surface area contributed by atoms with Crippen molar-refractivity contribution in [2.24, 2.45) is 0 Å². The third-order valence-electron chi connectivity index (χ3n) is 3.76. The number of hydrogen-bond donors (Lipinski definition) is 0. The molecule has 1 aliphatic rings. The summed E-state index contributed by atoms with van der Waals surface area (Å²) >= 11 is 1.66. The number of nitro groups is 1. The largest absolute Gasteiger partial charge is 0.389 e. The highest BCUT2D eigenvalue weighted by Crippen LogP contribution is 2.21. The summed E-state index contributed by atoms with van der Waals surface area (Å²) in [5.74, 6) is -0.310. The Hall–Kier alpha value is -2.48. The van der Waals surface area contributed by atoms with Crippen LogP contribution in [-0.2, 0) is 11.3 Å². The molecule has 8 heteroatoms. The molecule has 120 valence electrons. The summed E-state index contributed by atoms with van der Waals surface area (Å²) in [5, 5.41) is 16.4. The first-order chi connectivity index (χ1) is 11.1. The molecule has 2 aromatic heterocycles. The summed E-state index contributed by atoms with van der Waals surface area (Å²) < 4.78 is 1.32. The van der Waals surface area contributed by atoms with Crippen molar-refractivity contribution < 1.29 is 9.72 Å². The van der Waals surface area contributed by atoms with E-state index in [9.17, 15) is 14.9 Å². The standard InChI is InChI=1S/C15H16N4O3S/c20-15(11-17-9-7-14(16-17)19(21)22)18-8-1-3-12(18)5-6-13-4-2-10-23-13/h2,4-7,9-10,12H,1,3,8,11H2/b6-5+/t12-/m0/s1. The van der Waals surface area contributed by atoms with E-state index in [2.05, 4.69) is 11.2 Å². The fraction of sp³-hybridized carbons (Fsp3) is 0.333. The molecule has 1 amide bonds. The highest BCUT2D eigenvalue weighted by molar-refractivity contribution is 7.10. The first-order valence-corrected chi connectivity index (χ1v) is 8.20. The molecule has 1 atom stereocenters. The van der Waals surface area contributed by atoms with Gasteiger partial charge >= 0.3 is 5.82 Å². The molecule has 0 spiro atoms. The summed E-state index contributed by atoms with van der Waals surface area (Å²) in [4.78, 5) is 25.5. The third-order valence-corrected chi connectivity index (χ3v) is 4.59. The molecular formula is C15H16N4O3S. The number of nitrogens with zero attached hydrogens (tertiary/aromatic N) is 4. The van der Waals surface area contributed by atoms with Crippen molar-refractivity contribution in [3.63, 3.8) is 0 Å². The van der Waals surface area contributed by atoms with E-state index in [-0.39, 0.29) is 24.3 Å². The topological polar surface area (TPSA) is 81.3 Å². The maximum Gasteiger partial charge on any atom is 0.389 e. The molecular weight excluding hydrogens is 316 g/mol. The third kappa shape index (κ3) is 3.65. The molecule has 0 N–H and O–H groups in total. The Bertz CT molecular complexity index is 723. The second-order valence-corrected chi connectivity index (χ2v) is 6.28. The van der Waals surface area contributed by atoms with E-state index in [4.69, 9.17) is 0 Å². The Kier molecular flexibility index (Phi) is 4.52. The number of aromatic nitrogens is 2. The molecule has 7 nitrogen and oxygen atoms in total. The minimum atomic E-state index is -0.566. The quantitative estimate of drug-likeness (QED) is 0.622. The van der Waals surface area contributed by atoms with Crippen LogP contribution in [0.4, 0.5) is 5.82 Å². The van der Waals surface area contributed by atoms with E-state index in [0.717, 1.165) is 17.7 Å². The molecule has 0 aromatic carbocycles. The van der Waals surface area contributed by atoms with E-state index in [1.54, 1.807) is 11.3 Å². The van der Waals surface area contributed by atoms with Gasteiger partial charge in [-0.05, 0) is 35.3 Å². The smallest absolute Gasteiger partial charge is 0.358 e. The van der Waals surface area contributed by atoms with E-state index in [1.807, 2.05) is 28.5 Å². The SMILES string of the molecule is O=C(Cn1ccc([N+](=O)[O-])n1)N1CCC[C@H]1/C=C/c1cccs1. The van der Waals surface area contributed by atoms with E-state index < -0.39 is 4.92 Å². The number of likely N-dealkylation sites (tertiary alicyclic amines) is 1. The molecule has 0 radical (unpaired) electrons. The first-order valence-electron chi connectivity index (χ1n) is 7.32. The average Bonchev–Trinajstić information content (AvgIpc) is 3.26. The second-order valence-electron chi connectivity index (χ2n) is 5.30. The summed E-state index contributed by atoms with van der Waals surface area (Å²) in [7, 11) is 0. The van der Waals surface area contributed by atoms with E-state index in [0.29, 0.717) is 6.54 Å². The van der Waals surface area contributed by atoms with Crippen LogP contribution in [0.5, 0.6) is 0 Å². The number of carbonyl (C=O) groups excluding carboxylic acids is 1. The number of thiophene rings is 1. The molecule has 1 saturated heterocycles. The summed E-state index contributed by atoms with van der Waals surface area (Å²) in [5.41, 5.74) is 0. The number of carbonyl (C=O) groups is 1. The monoisotopic (exact) mass is 332 g/mol. The molecule has 1 aliphatic heterocycles. The van der Waals surface area contributed by atoms with Gasteiger partial charge in [0.25, 0.3) is 0 Å². The highest BCUT2D eigenvalue weighted by Gasteiger charge is 2.27. The molecule has 3 heterocycles. The maximum absolute atomic E-state index is 12.4. The lowest BCUT2D eigenvalue weighted by Crippen LogP contribution is -2.36. The predicted octanol–water partition coefficient (Wildman–Crippen LogP) is 2.56. The van der Waals surface area contributed by atoms with Gasteiger partial charge in [-0.25, -0.2) is 0 Å². The van der Waals surface area contributed by atoms with Crippen molar-refractivity contribution in [3.8, 4) is 0 Å². The second kappa shape index (κ2) is 6.74. The van der Waals surface area contributed by atoms with Gasteiger partial charge in [0, 0.05) is 11.4 Å². The van der Waals surface area contributed by atoms with Gasteiger partial charge in [-0.3, -0.25) is 4.79 Å². The normalized spacial score (nSPS) is 17.9. The number of amides is 1. The summed E-state index contributed by atoms with van der Waals surface area (Å²) in [6, 6.07) is 5.40. The maximum atomic E-state index is 12.4. The predicted molar refractivity (Wildman–Crippen MR) is 87.0 cm³/mol. The van der Waals surface area contributed by atoms with Crippen molar-refractivity contribution in [3.05, 3.63) is 50.8 Å². The lowest BCUT2D eigenvalue weighted by molar-refractivity contribution is -0.389. The van der Waals surface area contributed by atoms with Crippen LogP contribution < -0.4 is 0 Å². The molecule has 23 heavy (non-hydrogen) atoms. The van der Waals surface area contributed by atoms with Crippen molar-refractivity contribution in [2.75, 3.05) is 6.54 Å².